The van der Waals surface area contributed by atoms with Crippen LogP contribution < -0.4 is 11.1 Å². The average molecular weight is 158 g/mol. The van der Waals surface area contributed by atoms with Crippen LogP contribution in [0.1, 0.15) is 32.6 Å². The van der Waals surface area contributed by atoms with E-state index in [1.165, 1.54) is 0 Å². The zero-order valence-corrected chi connectivity index (χ0v) is 7.23. The van der Waals surface area contributed by atoms with E-state index in [0.29, 0.717) is 6.42 Å². The van der Waals surface area contributed by atoms with E-state index in [9.17, 15) is 4.79 Å². The van der Waals surface area contributed by atoms with E-state index in [0.717, 1.165) is 32.4 Å². The highest BCUT2D eigenvalue weighted by Gasteiger charge is 1.97. The monoisotopic (exact) mass is 158 g/mol. The number of hydrogen-bond acceptors (Lipinski definition) is 2. The van der Waals surface area contributed by atoms with Crippen LogP contribution in [0.3, 0.4) is 0 Å². The minimum Gasteiger partial charge on any atom is -0.356 e. The van der Waals surface area contributed by atoms with Gasteiger partial charge in [-0.15, -0.1) is 0 Å². The molecular weight excluding hydrogens is 140 g/mol. The van der Waals surface area contributed by atoms with Gasteiger partial charge in [0.1, 0.15) is 0 Å². The molecule has 0 aromatic carbocycles. The van der Waals surface area contributed by atoms with Crippen LogP contribution in [0.15, 0.2) is 0 Å². The number of nitrogens with one attached hydrogen (secondary N) is 1. The number of unbranched alkanes of at least 4 members (excludes halogenated alkanes) is 2. The average Bonchev–Trinajstić information content (AvgIpc) is 1.99. The summed E-state index contributed by atoms with van der Waals surface area (Å²) in [5, 5.41) is 2.75. The van der Waals surface area contributed by atoms with Gasteiger partial charge < -0.3 is 11.1 Å². The van der Waals surface area contributed by atoms with Crippen LogP contribution >= 0.6 is 0 Å². The van der Waals surface area contributed by atoms with Gasteiger partial charge in [-0.25, -0.2) is 0 Å². The fourth-order valence-corrected chi connectivity index (χ4v) is 0.892. The number of carbonyl (C=O) groups excluding carboxylic acids is 1. The fourth-order valence-electron chi connectivity index (χ4n) is 0.892. The minimum absolute atomic E-state index is 0.157. The Bertz CT molecular complexity index is 104. The maximum absolute atomic E-state index is 10.9. The molecule has 0 unspecified atom stereocenters. The van der Waals surface area contributed by atoms with E-state index in [4.69, 9.17) is 5.73 Å². The van der Waals surface area contributed by atoms with Crippen molar-refractivity contribution in [2.75, 3.05) is 13.1 Å². The summed E-state index contributed by atoms with van der Waals surface area (Å²) < 4.78 is 0. The minimum atomic E-state index is 0.157. The summed E-state index contributed by atoms with van der Waals surface area (Å²) in [7, 11) is 0. The normalized spacial score (nSPS) is 9.64. The highest BCUT2D eigenvalue weighted by Crippen LogP contribution is 1.97. The first kappa shape index (κ1) is 10.4. The van der Waals surface area contributed by atoms with Crippen molar-refractivity contribution < 1.29 is 4.79 Å². The Morgan fingerprint density at radius 3 is 2.64 bits per heavy atom. The van der Waals surface area contributed by atoms with Crippen molar-refractivity contribution in [2.24, 2.45) is 5.73 Å². The number of hydrogen-bond donors (Lipinski definition) is 2. The lowest BCUT2D eigenvalue weighted by molar-refractivity contribution is -0.121. The SMILES string of the molecule is CCNC(=O)CCCCCN. The van der Waals surface area contributed by atoms with E-state index < -0.39 is 0 Å². The van der Waals surface area contributed by atoms with E-state index in [-0.39, 0.29) is 5.91 Å². The highest BCUT2D eigenvalue weighted by molar-refractivity contribution is 5.75. The van der Waals surface area contributed by atoms with E-state index in [2.05, 4.69) is 5.32 Å². The van der Waals surface area contributed by atoms with Gasteiger partial charge in [0.2, 0.25) is 5.91 Å². The summed E-state index contributed by atoms with van der Waals surface area (Å²) >= 11 is 0. The van der Waals surface area contributed by atoms with Crippen LogP contribution in [-0.4, -0.2) is 19.0 Å². The first-order chi connectivity index (χ1) is 5.31. The molecule has 3 N–H and O–H groups in total. The third-order valence-electron chi connectivity index (χ3n) is 1.48. The topological polar surface area (TPSA) is 55.1 Å². The van der Waals surface area contributed by atoms with Gasteiger partial charge in [-0.1, -0.05) is 6.42 Å². The van der Waals surface area contributed by atoms with Gasteiger partial charge in [0.15, 0.2) is 0 Å². The molecule has 0 aliphatic carbocycles. The molecule has 0 heterocycles. The molecule has 11 heavy (non-hydrogen) atoms. The molecule has 66 valence electrons. The van der Waals surface area contributed by atoms with E-state index in [1.807, 2.05) is 6.92 Å². The van der Waals surface area contributed by atoms with Crippen LogP contribution in [0, 0.1) is 0 Å². The van der Waals surface area contributed by atoms with Crippen LogP contribution in [0.4, 0.5) is 0 Å². The number of nitrogens with two attached hydrogens (primary N) is 1. The first-order valence-corrected chi connectivity index (χ1v) is 4.28. The predicted octanol–water partition coefficient (Wildman–Crippen LogP) is 0.642. The van der Waals surface area contributed by atoms with Gasteiger partial charge in [0.05, 0.1) is 0 Å². The lowest BCUT2D eigenvalue weighted by Gasteiger charge is -2.00. The van der Waals surface area contributed by atoms with Gasteiger partial charge >= 0.3 is 0 Å². The second kappa shape index (κ2) is 7.54. The third-order valence-corrected chi connectivity index (χ3v) is 1.48. The molecule has 0 saturated carbocycles. The number of carbonyl (C=O) groups is 1. The van der Waals surface area contributed by atoms with Crippen molar-refractivity contribution in [3.63, 3.8) is 0 Å². The Labute approximate surface area is 68.3 Å². The van der Waals surface area contributed by atoms with Crippen molar-refractivity contribution >= 4 is 5.91 Å². The molecule has 0 aliphatic rings. The summed E-state index contributed by atoms with van der Waals surface area (Å²) in [4.78, 5) is 10.9. The Hall–Kier alpha value is -0.570. The molecule has 3 nitrogen and oxygen atoms in total. The number of amides is 1. The van der Waals surface area contributed by atoms with E-state index >= 15 is 0 Å². The summed E-state index contributed by atoms with van der Waals surface area (Å²) in [5.74, 6) is 0.157. The molecular formula is C8H18N2O. The Morgan fingerprint density at radius 1 is 1.36 bits per heavy atom. The third kappa shape index (κ3) is 7.33. The van der Waals surface area contributed by atoms with Gasteiger partial charge in [0, 0.05) is 13.0 Å². The zero-order valence-electron chi connectivity index (χ0n) is 7.23. The van der Waals surface area contributed by atoms with Crippen LogP contribution in [0.5, 0.6) is 0 Å². The van der Waals surface area contributed by atoms with Crippen LogP contribution in [0.2, 0.25) is 0 Å². The molecule has 0 bridgehead atoms. The Morgan fingerprint density at radius 2 is 2.09 bits per heavy atom. The van der Waals surface area contributed by atoms with Crippen molar-refractivity contribution in [3.05, 3.63) is 0 Å². The highest BCUT2D eigenvalue weighted by atomic mass is 16.1. The second-order valence-corrected chi connectivity index (χ2v) is 2.55. The predicted molar refractivity (Wildman–Crippen MR) is 46.2 cm³/mol. The zero-order chi connectivity index (χ0) is 8.53. The lowest BCUT2D eigenvalue weighted by Crippen LogP contribution is -2.22. The molecule has 0 radical (unpaired) electrons. The number of rotatable bonds is 6. The summed E-state index contributed by atoms with van der Waals surface area (Å²) in [6, 6.07) is 0. The Balaban J connectivity index is 3.04. The Kier molecular flexibility index (Phi) is 7.15. The van der Waals surface area contributed by atoms with Crippen molar-refractivity contribution in [1.82, 2.24) is 5.32 Å². The lowest BCUT2D eigenvalue weighted by atomic mass is 10.2. The molecule has 0 aromatic rings. The molecule has 0 spiro atoms. The van der Waals surface area contributed by atoms with Gasteiger partial charge in [-0.3, -0.25) is 4.79 Å². The summed E-state index contributed by atoms with van der Waals surface area (Å²) in [6.07, 6.45) is 3.70. The standard InChI is InChI=1S/C8H18N2O/c1-2-10-8(11)6-4-3-5-7-9/h2-7,9H2,1H3,(H,10,11). The first-order valence-electron chi connectivity index (χ1n) is 4.28. The quantitative estimate of drug-likeness (QED) is 0.557. The van der Waals surface area contributed by atoms with Crippen LogP contribution in [0.25, 0.3) is 0 Å². The van der Waals surface area contributed by atoms with Crippen molar-refractivity contribution in [1.29, 1.82) is 0 Å². The molecule has 0 rings (SSSR count). The fraction of sp³-hybridized carbons (Fsp3) is 0.875. The molecule has 3 heteroatoms. The molecule has 0 saturated heterocycles. The van der Waals surface area contributed by atoms with E-state index in [1.54, 1.807) is 0 Å². The largest absolute Gasteiger partial charge is 0.356 e. The second-order valence-electron chi connectivity index (χ2n) is 2.55. The molecule has 0 aromatic heterocycles. The van der Waals surface area contributed by atoms with Gasteiger partial charge in [-0.2, -0.15) is 0 Å². The molecule has 0 fully saturated rings. The summed E-state index contributed by atoms with van der Waals surface area (Å²) in [6.45, 7) is 3.39. The maximum atomic E-state index is 10.9. The molecule has 1 amide bonds. The summed E-state index contributed by atoms with van der Waals surface area (Å²) in [5.41, 5.74) is 5.30. The van der Waals surface area contributed by atoms with Gasteiger partial charge in [0.25, 0.3) is 0 Å². The van der Waals surface area contributed by atoms with Crippen molar-refractivity contribution in [3.8, 4) is 0 Å². The smallest absolute Gasteiger partial charge is 0.219 e. The van der Waals surface area contributed by atoms with Crippen LogP contribution in [-0.2, 0) is 4.79 Å². The molecule has 0 aliphatic heterocycles. The maximum Gasteiger partial charge on any atom is 0.219 e. The molecule has 0 atom stereocenters. The van der Waals surface area contributed by atoms with Gasteiger partial charge in [-0.05, 0) is 26.3 Å². The van der Waals surface area contributed by atoms with Crippen molar-refractivity contribution in [2.45, 2.75) is 32.6 Å².